The Kier molecular flexibility index (Phi) is 7.62. The number of hydrogen-bond donors (Lipinski definition) is 0. The largest absolute Gasteiger partial charge is 0.493 e. The van der Waals surface area contributed by atoms with Crippen molar-refractivity contribution in [2.45, 2.75) is 32.6 Å². The van der Waals surface area contributed by atoms with E-state index in [2.05, 4.69) is 11.8 Å². The summed E-state index contributed by atoms with van der Waals surface area (Å²) < 4.78 is 16.7. The minimum Gasteiger partial charge on any atom is -0.493 e. The van der Waals surface area contributed by atoms with Crippen LogP contribution in [0.15, 0.2) is 18.2 Å². The van der Waals surface area contributed by atoms with Crippen molar-refractivity contribution < 1.29 is 14.2 Å². The maximum atomic E-state index is 5.85. The molecular weight excluding hydrogens is 310 g/mol. The van der Waals surface area contributed by atoms with Crippen molar-refractivity contribution in [2.24, 2.45) is 0 Å². The third kappa shape index (κ3) is 5.36. The van der Waals surface area contributed by atoms with Crippen LogP contribution in [0.25, 0.3) is 0 Å². The van der Waals surface area contributed by atoms with E-state index in [0.29, 0.717) is 0 Å². The molecule has 23 heavy (non-hydrogen) atoms. The Morgan fingerprint density at radius 1 is 1.17 bits per heavy atom. The Balaban J connectivity index is 1.96. The standard InChI is InChI=1S/C18H27NO3S/c1-3-4-5-6-11-22-16-8-7-15(14-17(16)20-2)18(23)19-9-12-21-13-10-19/h7-8,14H,3-6,9-13H2,1-2H3. The van der Waals surface area contributed by atoms with Crippen molar-refractivity contribution in [1.29, 1.82) is 0 Å². The third-order valence-electron chi connectivity index (χ3n) is 3.96. The van der Waals surface area contributed by atoms with Gasteiger partial charge in [0, 0.05) is 18.7 Å². The van der Waals surface area contributed by atoms with Crippen molar-refractivity contribution >= 4 is 17.2 Å². The van der Waals surface area contributed by atoms with Gasteiger partial charge in [-0.1, -0.05) is 38.4 Å². The van der Waals surface area contributed by atoms with Gasteiger partial charge in [0.1, 0.15) is 4.99 Å². The first-order valence-corrected chi connectivity index (χ1v) is 8.85. The second-order valence-corrected chi connectivity index (χ2v) is 6.07. The molecule has 0 atom stereocenters. The van der Waals surface area contributed by atoms with E-state index in [1.807, 2.05) is 18.2 Å². The molecule has 0 saturated carbocycles. The number of thiocarbonyl (C=S) groups is 1. The van der Waals surface area contributed by atoms with E-state index in [4.69, 9.17) is 26.4 Å². The van der Waals surface area contributed by atoms with Crippen LogP contribution in [0.1, 0.15) is 38.2 Å². The monoisotopic (exact) mass is 337 g/mol. The molecule has 1 saturated heterocycles. The second kappa shape index (κ2) is 9.73. The molecule has 2 rings (SSSR count). The van der Waals surface area contributed by atoms with Gasteiger partial charge >= 0.3 is 0 Å². The highest BCUT2D eigenvalue weighted by Gasteiger charge is 2.16. The van der Waals surface area contributed by atoms with Gasteiger partial charge in [-0.2, -0.15) is 0 Å². The quantitative estimate of drug-likeness (QED) is 0.534. The fraction of sp³-hybridized carbons (Fsp3) is 0.611. The first kappa shape index (κ1) is 18.0. The third-order valence-corrected chi connectivity index (χ3v) is 4.46. The summed E-state index contributed by atoms with van der Waals surface area (Å²) in [6.07, 6.45) is 4.77. The zero-order valence-electron chi connectivity index (χ0n) is 14.2. The van der Waals surface area contributed by atoms with Gasteiger partial charge in [-0.3, -0.25) is 0 Å². The fourth-order valence-corrected chi connectivity index (χ4v) is 2.89. The lowest BCUT2D eigenvalue weighted by Gasteiger charge is -2.29. The molecule has 1 aromatic rings. The molecule has 0 radical (unpaired) electrons. The Bertz CT molecular complexity index is 501. The smallest absolute Gasteiger partial charge is 0.161 e. The molecular formula is C18H27NO3S. The SMILES string of the molecule is CCCCCCOc1ccc(C(=S)N2CCOCC2)cc1OC. The summed E-state index contributed by atoms with van der Waals surface area (Å²) in [5.41, 5.74) is 0.997. The minimum atomic E-state index is 0.726. The molecule has 0 unspecified atom stereocenters. The molecule has 1 fully saturated rings. The van der Waals surface area contributed by atoms with E-state index < -0.39 is 0 Å². The van der Waals surface area contributed by atoms with Gasteiger partial charge in [0.2, 0.25) is 0 Å². The summed E-state index contributed by atoms with van der Waals surface area (Å²) in [6, 6.07) is 5.95. The maximum Gasteiger partial charge on any atom is 0.161 e. The first-order chi connectivity index (χ1) is 11.3. The molecule has 4 nitrogen and oxygen atoms in total. The molecule has 1 heterocycles. The van der Waals surface area contributed by atoms with E-state index in [1.54, 1.807) is 7.11 Å². The van der Waals surface area contributed by atoms with Crippen LogP contribution in [-0.4, -0.2) is 49.9 Å². The van der Waals surface area contributed by atoms with E-state index in [9.17, 15) is 0 Å². The molecule has 128 valence electrons. The van der Waals surface area contributed by atoms with Crippen LogP contribution in [0, 0.1) is 0 Å². The average Bonchev–Trinajstić information content (AvgIpc) is 2.61. The van der Waals surface area contributed by atoms with Crippen LogP contribution in [0.5, 0.6) is 11.5 Å². The lowest BCUT2D eigenvalue weighted by molar-refractivity contribution is 0.0693. The fourth-order valence-electron chi connectivity index (χ4n) is 2.58. The maximum absolute atomic E-state index is 5.85. The molecule has 5 heteroatoms. The molecule has 0 aromatic heterocycles. The molecule has 1 aromatic carbocycles. The van der Waals surface area contributed by atoms with Crippen LogP contribution in [0.3, 0.4) is 0 Å². The second-order valence-electron chi connectivity index (χ2n) is 5.68. The minimum absolute atomic E-state index is 0.726. The highest BCUT2D eigenvalue weighted by molar-refractivity contribution is 7.80. The summed E-state index contributed by atoms with van der Waals surface area (Å²) in [5, 5.41) is 0. The summed E-state index contributed by atoms with van der Waals surface area (Å²) in [5.74, 6) is 1.53. The van der Waals surface area contributed by atoms with Gasteiger partial charge in [0.25, 0.3) is 0 Å². The molecule has 0 N–H and O–H groups in total. The van der Waals surface area contributed by atoms with Crippen LogP contribution >= 0.6 is 12.2 Å². The normalized spacial score (nSPS) is 14.6. The number of rotatable bonds is 8. The predicted molar refractivity (Wildman–Crippen MR) is 96.7 cm³/mol. The summed E-state index contributed by atoms with van der Waals surface area (Å²) >= 11 is 5.60. The van der Waals surface area contributed by atoms with Crippen molar-refractivity contribution in [3.8, 4) is 11.5 Å². The van der Waals surface area contributed by atoms with Gasteiger partial charge < -0.3 is 19.1 Å². The zero-order valence-corrected chi connectivity index (χ0v) is 15.0. The van der Waals surface area contributed by atoms with E-state index in [-0.39, 0.29) is 0 Å². The lowest BCUT2D eigenvalue weighted by Crippen LogP contribution is -2.40. The summed E-state index contributed by atoms with van der Waals surface area (Å²) in [6.45, 7) is 6.09. The number of benzene rings is 1. The Hall–Kier alpha value is -1.33. The van der Waals surface area contributed by atoms with E-state index >= 15 is 0 Å². The summed E-state index contributed by atoms with van der Waals surface area (Å²) in [7, 11) is 1.67. The Morgan fingerprint density at radius 3 is 2.65 bits per heavy atom. The van der Waals surface area contributed by atoms with Crippen LogP contribution < -0.4 is 9.47 Å². The highest BCUT2D eigenvalue weighted by atomic mass is 32.1. The topological polar surface area (TPSA) is 30.9 Å². The molecule has 1 aliphatic rings. The Labute approximate surface area is 144 Å². The van der Waals surface area contributed by atoms with Crippen molar-refractivity contribution in [1.82, 2.24) is 4.90 Å². The number of unbranched alkanes of at least 4 members (excludes halogenated alkanes) is 3. The van der Waals surface area contributed by atoms with Crippen molar-refractivity contribution in [3.05, 3.63) is 23.8 Å². The number of nitrogens with zero attached hydrogens (tertiary/aromatic N) is 1. The first-order valence-electron chi connectivity index (χ1n) is 8.44. The number of ether oxygens (including phenoxy) is 3. The predicted octanol–water partition coefficient (Wildman–Crippen LogP) is 3.66. The van der Waals surface area contributed by atoms with Crippen molar-refractivity contribution in [2.75, 3.05) is 40.0 Å². The van der Waals surface area contributed by atoms with E-state index in [0.717, 1.165) is 61.4 Å². The van der Waals surface area contributed by atoms with Gasteiger partial charge in [-0.15, -0.1) is 0 Å². The van der Waals surface area contributed by atoms with Gasteiger partial charge in [0.15, 0.2) is 11.5 Å². The van der Waals surface area contributed by atoms with Crippen LogP contribution in [-0.2, 0) is 4.74 Å². The molecule has 0 aliphatic carbocycles. The number of methoxy groups -OCH3 is 1. The van der Waals surface area contributed by atoms with Gasteiger partial charge in [-0.05, 0) is 24.6 Å². The van der Waals surface area contributed by atoms with Crippen molar-refractivity contribution in [3.63, 3.8) is 0 Å². The van der Waals surface area contributed by atoms with Gasteiger partial charge in [-0.25, -0.2) is 0 Å². The average molecular weight is 337 g/mol. The number of morpholine rings is 1. The van der Waals surface area contributed by atoms with E-state index in [1.165, 1.54) is 19.3 Å². The highest BCUT2D eigenvalue weighted by Crippen LogP contribution is 2.29. The Morgan fingerprint density at radius 2 is 1.96 bits per heavy atom. The lowest BCUT2D eigenvalue weighted by atomic mass is 10.1. The van der Waals surface area contributed by atoms with Crippen LogP contribution in [0.4, 0.5) is 0 Å². The zero-order chi connectivity index (χ0) is 16.5. The number of hydrogen-bond acceptors (Lipinski definition) is 4. The molecule has 0 spiro atoms. The van der Waals surface area contributed by atoms with Crippen LogP contribution in [0.2, 0.25) is 0 Å². The molecule has 0 bridgehead atoms. The molecule has 1 aliphatic heterocycles. The van der Waals surface area contributed by atoms with Gasteiger partial charge in [0.05, 0.1) is 26.9 Å². The molecule has 0 amide bonds. The summed E-state index contributed by atoms with van der Waals surface area (Å²) in [4.78, 5) is 3.03.